The molecule has 3 aliphatic rings. The van der Waals surface area contributed by atoms with Crippen molar-refractivity contribution in [2.75, 3.05) is 25.0 Å². The Bertz CT molecular complexity index is 570. The molecule has 5 nitrogen and oxygen atoms in total. The maximum atomic E-state index is 12.2. The Hall–Kier alpha value is -1.59. The van der Waals surface area contributed by atoms with E-state index < -0.39 is 0 Å². The second-order valence-corrected chi connectivity index (χ2v) is 7.21. The number of carbonyl (C=O) groups excluding carboxylic acids is 1. The molecule has 124 valence electrons. The zero-order chi connectivity index (χ0) is 15.8. The molecule has 2 heterocycles. The highest BCUT2D eigenvalue weighted by Crippen LogP contribution is 2.37. The molecule has 1 saturated carbocycles. The summed E-state index contributed by atoms with van der Waals surface area (Å²) in [6.07, 6.45) is 4.05. The average Bonchev–Trinajstić information content (AvgIpc) is 3.30. The van der Waals surface area contributed by atoms with E-state index in [0.29, 0.717) is 12.1 Å². The van der Waals surface area contributed by atoms with Crippen molar-refractivity contribution in [3.05, 3.63) is 29.8 Å². The van der Waals surface area contributed by atoms with Crippen LogP contribution in [-0.4, -0.2) is 48.8 Å². The number of nitrogens with zero attached hydrogens (tertiary/aromatic N) is 1. The highest BCUT2D eigenvalue weighted by atomic mass is 16.5. The van der Waals surface area contributed by atoms with Crippen molar-refractivity contribution in [3.63, 3.8) is 0 Å². The lowest BCUT2D eigenvalue weighted by atomic mass is 10.1. The molecule has 0 bridgehead atoms. The molecule has 4 rings (SSSR count). The summed E-state index contributed by atoms with van der Waals surface area (Å²) in [7, 11) is 0. The molecule has 0 aromatic heterocycles. The number of anilines is 1. The summed E-state index contributed by atoms with van der Waals surface area (Å²) in [5.74, 6) is 0.785. The fourth-order valence-electron chi connectivity index (χ4n) is 3.75. The standard InChI is InChI=1S/C18H25N3O2/c1-12-2-6-14(7-3-12)19-18(22)20-15-8-16-11-23-17(13-4-5-13)10-21(16)9-15/h2-3,6-7,13,15-17H,4-5,8-11H2,1H3,(H2,19,20,22)/t15-,16+,17-/m1/s1. The molecule has 3 fully saturated rings. The van der Waals surface area contributed by atoms with E-state index in [1.165, 1.54) is 18.4 Å². The van der Waals surface area contributed by atoms with Crippen LogP contribution >= 0.6 is 0 Å². The second kappa shape index (κ2) is 6.13. The number of fused-ring (bicyclic) bond motifs is 1. The number of hydrogen-bond acceptors (Lipinski definition) is 3. The first kappa shape index (κ1) is 15.0. The zero-order valence-electron chi connectivity index (χ0n) is 13.6. The molecule has 0 radical (unpaired) electrons. The Morgan fingerprint density at radius 2 is 2.00 bits per heavy atom. The SMILES string of the molecule is Cc1ccc(NC(=O)N[C@@H]2C[C@H]3CO[C@@H](C4CC4)CN3C2)cc1. The summed E-state index contributed by atoms with van der Waals surface area (Å²) in [4.78, 5) is 14.7. The van der Waals surface area contributed by atoms with E-state index in [1.54, 1.807) is 0 Å². The fraction of sp³-hybridized carbons (Fsp3) is 0.611. The lowest BCUT2D eigenvalue weighted by Crippen LogP contribution is -2.47. The number of ether oxygens (including phenoxy) is 1. The molecule has 3 atom stereocenters. The zero-order valence-corrected chi connectivity index (χ0v) is 13.6. The van der Waals surface area contributed by atoms with Gasteiger partial charge in [0.25, 0.3) is 0 Å². The van der Waals surface area contributed by atoms with Gasteiger partial charge < -0.3 is 15.4 Å². The third-order valence-electron chi connectivity index (χ3n) is 5.24. The van der Waals surface area contributed by atoms with Gasteiger partial charge in [-0.3, -0.25) is 4.90 Å². The lowest BCUT2D eigenvalue weighted by Gasteiger charge is -2.35. The molecular formula is C18H25N3O2. The Kier molecular flexibility index (Phi) is 3.99. The summed E-state index contributed by atoms with van der Waals surface area (Å²) < 4.78 is 6.01. The van der Waals surface area contributed by atoms with Crippen molar-refractivity contribution < 1.29 is 9.53 Å². The number of rotatable bonds is 3. The number of hydrogen-bond donors (Lipinski definition) is 2. The average molecular weight is 315 g/mol. The minimum Gasteiger partial charge on any atom is -0.375 e. The van der Waals surface area contributed by atoms with Crippen LogP contribution in [0.25, 0.3) is 0 Å². The first-order valence-electron chi connectivity index (χ1n) is 8.67. The Morgan fingerprint density at radius 3 is 2.74 bits per heavy atom. The molecule has 2 aliphatic heterocycles. The normalized spacial score (nSPS) is 30.7. The molecule has 2 amide bonds. The molecular weight excluding hydrogens is 290 g/mol. The van der Waals surface area contributed by atoms with Crippen LogP contribution in [0.4, 0.5) is 10.5 Å². The minimum absolute atomic E-state index is 0.113. The first-order chi connectivity index (χ1) is 11.2. The summed E-state index contributed by atoms with van der Waals surface area (Å²) in [6.45, 7) is 4.83. The van der Waals surface area contributed by atoms with Crippen LogP contribution in [0, 0.1) is 12.8 Å². The quantitative estimate of drug-likeness (QED) is 0.900. The Balaban J connectivity index is 1.28. The molecule has 1 aromatic carbocycles. The van der Waals surface area contributed by atoms with Crippen molar-refractivity contribution in [1.29, 1.82) is 0 Å². The molecule has 0 spiro atoms. The molecule has 5 heteroatoms. The second-order valence-electron chi connectivity index (χ2n) is 7.21. The maximum absolute atomic E-state index is 12.2. The summed E-state index contributed by atoms with van der Waals surface area (Å²) in [6, 6.07) is 8.43. The van der Waals surface area contributed by atoms with E-state index >= 15 is 0 Å². The van der Waals surface area contributed by atoms with Crippen LogP contribution < -0.4 is 10.6 Å². The van der Waals surface area contributed by atoms with Gasteiger partial charge in [-0.15, -0.1) is 0 Å². The predicted molar refractivity (Wildman–Crippen MR) is 89.6 cm³/mol. The largest absolute Gasteiger partial charge is 0.375 e. The number of morpholine rings is 1. The van der Waals surface area contributed by atoms with Crippen LogP contribution in [0.2, 0.25) is 0 Å². The summed E-state index contributed by atoms with van der Waals surface area (Å²) >= 11 is 0. The smallest absolute Gasteiger partial charge is 0.319 e. The van der Waals surface area contributed by atoms with Gasteiger partial charge in [-0.2, -0.15) is 0 Å². The Morgan fingerprint density at radius 1 is 1.22 bits per heavy atom. The van der Waals surface area contributed by atoms with Crippen LogP contribution in [0.1, 0.15) is 24.8 Å². The summed E-state index contributed by atoms with van der Waals surface area (Å²) in [5, 5.41) is 6.03. The van der Waals surface area contributed by atoms with Gasteiger partial charge in [0.1, 0.15) is 0 Å². The number of benzene rings is 1. The van der Waals surface area contributed by atoms with Gasteiger partial charge in [-0.1, -0.05) is 17.7 Å². The van der Waals surface area contributed by atoms with Gasteiger partial charge in [-0.05, 0) is 44.2 Å². The highest BCUT2D eigenvalue weighted by molar-refractivity contribution is 5.89. The first-order valence-corrected chi connectivity index (χ1v) is 8.67. The maximum Gasteiger partial charge on any atom is 0.319 e. The number of aryl methyl sites for hydroxylation is 1. The minimum atomic E-state index is -0.113. The topological polar surface area (TPSA) is 53.6 Å². The molecule has 1 aliphatic carbocycles. The third kappa shape index (κ3) is 3.51. The molecule has 0 unspecified atom stereocenters. The van der Waals surface area contributed by atoms with Crippen molar-refractivity contribution in [2.24, 2.45) is 5.92 Å². The van der Waals surface area contributed by atoms with E-state index in [2.05, 4.69) is 15.5 Å². The van der Waals surface area contributed by atoms with Gasteiger partial charge in [0.15, 0.2) is 0 Å². The molecule has 23 heavy (non-hydrogen) atoms. The van der Waals surface area contributed by atoms with Gasteiger partial charge in [-0.25, -0.2) is 4.79 Å². The van der Waals surface area contributed by atoms with Crippen molar-refractivity contribution >= 4 is 11.7 Å². The fourth-order valence-corrected chi connectivity index (χ4v) is 3.75. The molecule has 2 N–H and O–H groups in total. The van der Waals surface area contributed by atoms with E-state index in [0.717, 1.165) is 37.7 Å². The van der Waals surface area contributed by atoms with Gasteiger partial charge in [0.2, 0.25) is 0 Å². The van der Waals surface area contributed by atoms with Gasteiger partial charge in [0, 0.05) is 30.9 Å². The van der Waals surface area contributed by atoms with Crippen LogP contribution in [0.3, 0.4) is 0 Å². The summed E-state index contributed by atoms with van der Waals surface area (Å²) in [5.41, 5.74) is 2.02. The van der Waals surface area contributed by atoms with Crippen LogP contribution in [0.5, 0.6) is 0 Å². The Labute approximate surface area is 137 Å². The van der Waals surface area contributed by atoms with Crippen LogP contribution in [0.15, 0.2) is 24.3 Å². The third-order valence-corrected chi connectivity index (χ3v) is 5.24. The number of nitrogens with one attached hydrogen (secondary N) is 2. The number of urea groups is 1. The number of carbonyl (C=O) groups is 1. The highest BCUT2D eigenvalue weighted by Gasteiger charge is 2.42. The van der Waals surface area contributed by atoms with E-state index in [1.807, 2.05) is 31.2 Å². The number of amides is 2. The van der Waals surface area contributed by atoms with Crippen molar-refractivity contribution in [2.45, 2.75) is 44.4 Å². The van der Waals surface area contributed by atoms with E-state index in [-0.39, 0.29) is 12.1 Å². The molecule has 2 saturated heterocycles. The van der Waals surface area contributed by atoms with E-state index in [9.17, 15) is 4.79 Å². The monoisotopic (exact) mass is 315 g/mol. The predicted octanol–water partition coefficient (Wildman–Crippen LogP) is 2.37. The van der Waals surface area contributed by atoms with Gasteiger partial charge >= 0.3 is 6.03 Å². The van der Waals surface area contributed by atoms with Crippen molar-refractivity contribution in [3.8, 4) is 0 Å². The van der Waals surface area contributed by atoms with E-state index in [4.69, 9.17) is 4.74 Å². The lowest BCUT2D eigenvalue weighted by molar-refractivity contribution is -0.0581. The molecule has 1 aromatic rings. The van der Waals surface area contributed by atoms with Gasteiger partial charge in [0.05, 0.1) is 12.7 Å². The van der Waals surface area contributed by atoms with Crippen LogP contribution in [-0.2, 0) is 4.74 Å². The van der Waals surface area contributed by atoms with Crippen molar-refractivity contribution in [1.82, 2.24) is 10.2 Å².